The summed E-state index contributed by atoms with van der Waals surface area (Å²) in [7, 11) is -2.84. The standard InChI is InChI=1S/C15H28N2O3S2/c1-12-7-13(2)9-17(8-12)5-4-16-15(18)10-21-14-3-6-22(19,20)11-14/h12-14H,3-11H2,1-2H3,(H,16,18)/t12-,13+,14-/m0/s1. The zero-order chi connectivity index (χ0) is 16.2. The van der Waals surface area contributed by atoms with Gasteiger partial charge in [0.25, 0.3) is 0 Å². The highest BCUT2D eigenvalue weighted by molar-refractivity contribution is 8.02. The number of rotatable bonds is 6. The van der Waals surface area contributed by atoms with Gasteiger partial charge in [0.15, 0.2) is 9.84 Å². The van der Waals surface area contributed by atoms with Gasteiger partial charge in [-0.2, -0.15) is 0 Å². The first-order valence-corrected chi connectivity index (χ1v) is 11.0. The summed E-state index contributed by atoms with van der Waals surface area (Å²) in [5, 5.41) is 3.05. The van der Waals surface area contributed by atoms with Gasteiger partial charge in [-0.25, -0.2) is 8.42 Å². The zero-order valence-electron chi connectivity index (χ0n) is 13.6. The lowest BCUT2D eigenvalue weighted by molar-refractivity contribution is -0.118. The molecule has 2 aliphatic heterocycles. The van der Waals surface area contributed by atoms with Crippen LogP contribution in [0.1, 0.15) is 26.7 Å². The van der Waals surface area contributed by atoms with Crippen molar-refractivity contribution in [1.82, 2.24) is 10.2 Å². The van der Waals surface area contributed by atoms with Gasteiger partial charge in [-0.1, -0.05) is 13.8 Å². The molecule has 2 fully saturated rings. The fourth-order valence-electron chi connectivity index (χ4n) is 3.46. The van der Waals surface area contributed by atoms with Crippen LogP contribution in [-0.2, 0) is 14.6 Å². The minimum atomic E-state index is -2.84. The van der Waals surface area contributed by atoms with E-state index in [0.29, 0.717) is 18.7 Å². The van der Waals surface area contributed by atoms with E-state index >= 15 is 0 Å². The summed E-state index contributed by atoms with van der Waals surface area (Å²) in [6, 6.07) is 0. The van der Waals surface area contributed by atoms with Crippen LogP contribution in [0, 0.1) is 11.8 Å². The topological polar surface area (TPSA) is 66.5 Å². The molecule has 0 aromatic heterocycles. The number of hydrogen-bond donors (Lipinski definition) is 1. The van der Waals surface area contributed by atoms with Crippen molar-refractivity contribution in [2.45, 2.75) is 31.9 Å². The molecule has 0 unspecified atom stereocenters. The third-order valence-electron chi connectivity index (χ3n) is 4.34. The Morgan fingerprint density at radius 3 is 2.55 bits per heavy atom. The Balaban J connectivity index is 1.58. The Kier molecular flexibility index (Phi) is 6.58. The van der Waals surface area contributed by atoms with Gasteiger partial charge in [-0.15, -0.1) is 11.8 Å². The molecule has 128 valence electrons. The normalized spacial score (nSPS) is 32.0. The van der Waals surface area contributed by atoms with Crippen LogP contribution in [0.4, 0.5) is 0 Å². The number of hydrogen-bond acceptors (Lipinski definition) is 5. The fraction of sp³-hybridized carbons (Fsp3) is 0.933. The number of piperidine rings is 1. The molecular weight excluding hydrogens is 320 g/mol. The molecule has 2 saturated heterocycles. The number of sulfone groups is 1. The second-order valence-corrected chi connectivity index (χ2v) is 10.4. The molecule has 2 aliphatic rings. The smallest absolute Gasteiger partial charge is 0.230 e. The summed E-state index contributed by atoms with van der Waals surface area (Å²) in [5.41, 5.74) is 0. The number of likely N-dealkylation sites (tertiary alicyclic amines) is 1. The molecule has 2 heterocycles. The van der Waals surface area contributed by atoms with Crippen LogP contribution in [0.25, 0.3) is 0 Å². The Labute approximate surface area is 138 Å². The van der Waals surface area contributed by atoms with Gasteiger partial charge in [0, 0.05) is 31.4 Å². The van der Waals surface area contributed by atoms with Gasteiger partial charge >= 0.3 is 0 Å². The number of nitrogens with one attached hydrogen (secondary N) is 1. The number of amides is 1. The Morgan fingerprint density at radius 1 is 1.27 bits per heavy atom. The van der Waals surface area contributed by atoms with Crippen LogP contribution in [0.15, 0.2) is 0 Å². The van der Waals surface area contributed by atoms with E-state index in [1.165, 1.54) is 18.2 Å². The van der Waals surface area contributed by atoms with Crippen molar-refractivity contribution in [2.24, 2.45) is 11.8 Å². The highest BCUT2D eigenvalue weighted by atomic mass is 32.2. The number of thioether (sulfide) groups is 1. The van der Waals surface area contributed by atoms with Crippen LogP contribution >= 0.6 is 11.8 Å². The van der Waals surface area contributed by atoms with Crippen LogP contribution in [0.5, 0.6) is 0 Å². The van der Waals surface area contributed by atoms with Crippen molar-refractivity contribution in [3.63, 3.8) is 0 Å². The summed E-state index contributed by atoms with van der Waals surface area (Å²) in [6.07, 6.45) is 1.98. The molecule has 5 nitrogen and oxygen atoms in total. The summed E-state index contributed by atoms with van der Waals surface area (Å²) in [4.78, 5) is 14.3. The summed E-state index contributed by atoms with van der Waals surface area (Å²) in [5.74, 6) is 2.37. The summed E-state index contributed by atoms with van der Waals surface area (Å²) in [6.45, 7) is 8.40. The molecule has 0 saturated carbocycles. The molecule has 2 rings (SSSR count). The Morgan fingerprint density at radius 2 is 1.95 bits per heavy atom. The number of carbonyl (C=O) groups excluding carboxylic acids is 1. The molecule has 0 spiro atoms. The van der Waals surface area contributed by atoms with Gasteiger partial charge in [0.2, 0.25) is 5.91 Å². The van der Waals surface area contributed by atoms with Gasteiger partial charge < -0.3 is 10.2 Å². The van der Waals surface area contributed by atoms with Crippen LogP contribution in [0.3, 0.4) is 0 Å². The SMILES string of the molecule is C[C@@H]1C[C@H](C)CN(CCNC(=O)CS[C@H]2CCS(=O)(=O)C2)C1. The first-order valence-electron chi connectivity index (χ1n) is 8.15. The fourth-order valence-corrected chi connectivity index (χ4v) is 6.94. The highest BCUT2D eigenvalue weighted by Crippen LogP contribution is 2.24. The molecule has 22 heavy (non-hydrogen) atoms. The maximum Gasteiger partial charge on any atom is 0.230 e. The third kappa shape index (κ3) is 6.08. The van der Waals surface area contributed by atoms with Crippen molar-refractivity contribution in [1.29, 1.82) is 0 Å². The Hall–Kier alpha value is -0.270. The third-order valence-corrected chi connectivity index (χ3v) is 7.62. The molecule has 1 amide bonds. The van der Waals surface area contributed by atoms with Gasteiger partial charge in [0.05, 0.1) is 17.3 Å². The largest absolute Gasteiger partial charge is 0.354 e. The summed E-state index contributed by atoms with van der Waals surface area (Å²) >= 11 is 1.48. The molecule has 0 bridgehead atoms. The van der Waals surface area contributed by atoms with E-state index in [1.54, 1.807) is 0 Å². The van der Waals surface area contributed by atoms with Gasteiger partial charge in [-0.05, 0) is 24.7 Å². The number of nitrogens with zero attached hydrogens (tertiary/aromatic N) is 1. The predicted octanol–water partition coefficient (Wildman–Crippen LogP) is 1.00. The van der Waals surface area contributed by atoms with Crippen molar-refractivity contribution in [3.05, 3.63) is 0 Å². The maximum absolute atomic E-state index is 11.8. The lowest BCUT2D eigenvalue weighted by Gasteiger charge is -2.34. The molecule has 0 radical (unpaired) electrons. The average molecular weight is 349 g/mol. The number of carbonyl (C=O) groups is 1. The van der Waals surface area contributed by atoms with Crippen molar-refractivity contribution >= 4 is 27.5 Å². The first kappa shape index (κ1) is 18.1. The lowest BCUT2D eigenvalue weighted by Crippen LogP contribution is -2.43. The second kappa shape index (κ2) is 8.02. The molecule has 0 aromatic rings. The minimum absolute atomic E-state index is 0.0207. The van der Waals surface area contributed by atoms with Gasteiger partial charge in [-0.3, -0.25) is 4.79 Å². The van der Waals surface area contributed by atoms with Gasteiger partial charge in [0.1, 0.15) is 0 Å². The van der Waals surface area contributed by atoms with E-state index < -0.39 is 9.84 Å². The minimum Gasteiger partial charge on any atom is -0.354 e. The first-order chi connectivity index (χ1) is 10.3. The van der Waals surface area contributed by atoms with E-state index in [-0.39, 0.29) is 22.7 Å². The molecule has 3 atom stereocenters. The molecular formula is C15H28N2O3S2. The van der Waals surface area contributed by atoms with E-state index in [1.807, 2.05) is 0 Å². The van der Waals surface area contributed by atoms with Crippen LogP contribution in [-0.4, -0.2) is 67.9 Å². The van der Waals surface area contributed by atoms with E-state index in [9.17, 15) is 13.2 Å². The molecule has 0 aromatic carbocycles. The van der Waals surface area contributed by atoms with Crippen LogP contribution < -0.4 is 5.32 Å². The quantitative estimate of drug-likeness (QED) is 0.776. The van der Waals surface area contributed by atoms with Crippen molar-refractivity contribution in [2.75, 3.05) is 43.4 Å². The molecule has 7 heteroatoms. The maximum atomic E-state index is 11.8. The average Bonchev–Trinajstić information content (AvgIpc) is 2.75. The van der Waals surface area contributed by atoms with E-state index in [0.717, 1.165) is 31.5 Å². The molecule has 1 N–H and O–H groups in total. The molecule has 0 aliphatic carbocycles. The highest BCUT2D eigenvalue weighted by Gasteiger charge is 2.28. The Bertz CT molecular complexity index is 471. The predicted molar refractivity (Wildman–Crippen MR) is 91.9 cm³/mol. The van der Waals surface area contributed by atoms with E-state index in [4.69, 9.17) is 0 Å². The van der Waals surface area contributed by atoms with E-state index in [2.05, 4.69) is 24.1 Å². The van der Waals surface area contributed by atoms with Crippen LogP contribution in [0.2, 0.25) is 0 Å². The summed E-state index contributed by atoms with van der Waals surface area (Å²) < 4.78 is 22.7. The second-order valence-electron chi connectivity index (χ2n) is 6.89. The van der Waals surface area contributed by atoms with Crippen molar-refractivity contribution in [3.8, 4) is 0 Å². The zero-order valence-corrected chi connectivity index (χ0v) is 15.2. The lowest BCUT2D eigenvalue weighted by atomic mass is 9.92. The van der Waals surface area contributed by atoms with Crippen molar-refractivity contribution < 1.29 is 13.2 Å². The monoisotopic (exact) mass is 348 g/mol.